The molecule has 0 aliphatic carbocycles. The van der Waals surface area contributed by atoms with Gasteiger partial charge in [0.2, 0.25) is 0 Å². The normalized spacial score (nSPS) is 11.8. The number of rotatable bonds is 8. The number of para-hydroxylation sites is 2. The Balaban J connectivity index is 0.000000238. The molecule has 10 rings (SSSR count). The fourth-order valence-corrected chi connectivity index (χ4v) is 12.1. The molecule has 0 unspecified atom stereocenters. The van der Waals surface area contributed by atoms with E-state index in [9.17, 15) is 0 Å². The fraction of sp³-hybridized carbons (Fsp3) is 0.203. The molecule has 0 spiro atoms. The Morgan fingerprint density at radius 2 is 1.35 bits per heavy atom. The minimum Gasteiger partial charge on any atom is -0.500 e. The first-order chi connectivity index (χ1) is 31.2. The van der Waals surface area contributed by atoms with E-state index < -0.39 is 13.3 Å². The predicted octanol–water partition coefficient (Wildman–Crippen LogP) is 15.0. The number of furan rings is 1. The van der Waals surface area contributed by atoms with E-state index >= 15 is 0 Å². The SMILES string of the molecule is CC(C)Cc1cc(-c2[c-]cccc2)nc[c]1[Ge]([CH3])([CH3])[CH3].Cc1cc2oc3c(-c4nc5ccccc5n4-c4c(-c5ccccc5)cc(C(C)(C)C)cc4-c4ccccc4)[c-]ccc3c2cn1.[Ir]. The van der Waals surface area contributed by atoms with Crippen LogP contribution in [0, 0.1) is 25.0 Å². The summed E-state index contributed by atoms with van der Waals surface area (Å²) in [4.78, 5) is 14.6. The number of imidazole rings is 1. The van der Waals surface area contributed by atoms with Gasteiger partial charge in [-0.3, -0.25) is 9.97 Å². The number of fused-ring (bicyclic) bond motifs is 4. The Labute approximate surface area is 406 Å². The number of hydrogen-bond acceptors (Lipinski definition) is 4. The Bertz CT molecular complexity index is 3230. The van der Waals surface area contributed by atoms with Crippen LogP contribution >= 0.6 is 0 Å². The number of nitrogens with zero attached hydrogens (tertiary/aromatic N) is 4. The van der Waals surface area contributed by atoms with E-state index in [-0.39, 0.29) is 25.5 Å². The Kier molecular flexibility index (Phi) is 13.5. The maximum Gasteiger partial charge on any atom is 0.124 e. The van der Waals surface area contributed by atoms with Gasteiger partial charge in [-0.15, -0.1) is 18.2 Å². The van der Waals surface area contributed by atoms with E-state index in [2.05, 4.69) is 189 Å². The Morgan fingerprint density at radius 1 is 0.697 bits per heavy atom. The van der Waals surface area contributed by atoms with E-state index in [0.29, 0.717) is 5.92 Å². The molecule has 5 nitrogen and oxygen atoms in total. The third-order valence-electron chi connectivity index (χ3n) is 12.0. The van der Waals surface area contributed by atoms with Gasteiger partial charge in [0.05, 0.1) is 28.1 Å². The molecule has 6 aromatic carbocycles. The molecule has 1 radical (unpaired) electrons. The van der Waals surface area contributed by atoms with Crippen molar-refractivity contribution in [3.05, 3.63) is 187 Å². The summed E-state index contributed by atoms with van der Waals surface area (Å²) in [5.41, 5.74) is 15.7. The van der Waals surface area contributed by atoms with Crippen LogP contribution in [0.1, 0.15) is 51.4 Å². The molecule has 0 bridgehead atoms. The van der Waals surface area contributed by atoms with Crippen molar-refractivity contribution < 1.29 is 24.5 Å². The van der Waals surface area contributed by atoms with Crippen LogP contribution < -0.4 is 4.40 Å². The average molecular weight is 1100 g/mol. The minimum atomic E-state index is -1.86. The summed E-state index contributed by atoms with van der Waals surface area (Å²) < 4.78 is 10.4. The van der Waals surface area contributed by atoms with Crippen molar-refractivity contribution in [1.82, 2.24) is 19.5 Å². The van der Waals surface area contributed by atoms with Crippen molar-refractivity contribution in [3.63, 3.8) is 0 Å². The Hall–Kier alpha value is -5.92. The molecular weight excluding hydrogens is 1050 g/mol. The second-order valence-corrected chi connectivity index (χ2v) is 30.1. The molecule has 0 fully saturated rings. The van der Waals surface area contributed by atoms with Crippen LogP contribution in [0.2, 0.25) is 17.3 Å². The van der Waals surface area contributed by atoms with Gasteiger partial charge in [0.25, 0.3) is 0 Å². The number of hydrogen-bond donors (Lipinski definition) is 0. The van der Waals surface area contributed by atoms with Crippen molar-refractivity contribution in [2.24, 2.45) is 5.92 Å². The topological polar surface area (TPSA) is 56.7 Å². The number of aromatic nitrogens is 4. The summed E-state index contributed by atoms with van der Waals surface area (Å²) in [6.07, 6.45) is 5.17. The predicted molar refractivity (Wildman–Crippen MR) is 275 cm³/mol. The van der Waals surface area contributed by atoms with Gasteiger partial charge in [-0.1, -0.05) is 105 Å². The van der Waals surface area contributed by atoms with Crippen LogP contribution in [0.3, 0.4) is 0 Å². The van der Waals surface area contributed by atoms with Gasteiger partial charge in [-0.05, 0) is 53.3 Å². The van der Waals surface area contributed by atoms with Gasteiger partial charge in [-0.25, -0.2) is 0 Å². The fourth-order valence-electron chi connectivity index (χ4n) is 8.78. The van der Waals surface area contributed by atoms with E-state index in [4.69, 9.17) is 14.4 Å². The second kappa shape index (κ2) is 19.1. The minimum absolute atomic E-state index is 0. The summed E-state index contributed by atoms with van der Waals surface area (Å²) >= 11 is -1.86. The molecule has 0 aliphatic heterocycles. The summed E-state index contributed by atoms with van der Waals surface area (Å²) in [6.45, 7) is 13.4. The van der Waals surface area contributed by atoms with Crippen molar-refractivity contribution in [2.75, 3.05) is 0 Å². The maximum atomic E-state index is 6.57. The van der Waals surface area contributed by atoms with Gasteiger partial charge in [-0.2, -0.15) is 0 Å². The second-order valence-electron chi connectivity index (χ2n) is 19.5. The molecule has 0 atom stereocenters. The molecule has 0 aliphatic rings. The third kappa shape index (κ3) is 9.51. The molecule has 4 heterocycles. The van der Waals surface area contributed by atoms with Gasteiger partial charge in [0, 0.05) is 54.6 Å². The smallest absolute Gasteiger partial charge is 0.124 e. The quantitative estimate of drug-likeness (QED) is 0.112. The first-order valence-corrected chi connectivity index (χ1v) is 30.0. The molecule has 0 N–H and O–H groups in total. The molecule has 0 saturated carbocycles. The summed E-state index contributed by atoms with van der Waals surface area (Å²) in [5, 5.41) is 1.98. The molecule has 10 aromatic rings. The van der Waals surface area contributed by atoms with E-state index in [1.54, 1.807) is 4.40 Å². The van der Waals surface area contributed by atoms with E-state index in [1.807, 2.05) is 49.5 Å². The van der Waals surface area contributed by atoms with E-state index in [0.717, 1.165) is 95.7 Å². The zero-order valence-corrected chi connectivity index (χ0v) is 43.8. The van der Waals surface area contributed by atoms with Gasteiger partial charge in [0.1, 0.15) is 5.58 Å². The molecule has 0 amide bonds. The van der Waals surface area contributed by atoms with Gasteiger partial charge < -0.3 is 8.98 Å². The summed E-state index contributed by atoms with van der Waals surface area (Å²) in [5.74, 6) is 8.77. The standard InChI is InChI=1S/C41H32N3O.C18H24GeN.Ir/c1-26-22-37-34(25-42-26)30-18-13-19-31(39(30)45-37)40-43-35-20-11-12-21-36(35)44(40)38-32(27-14-7-5-8-15-27)23-29(41(2,3)4)24-33(38)28-16-9-6-10-17-28;1-14(2)11-16-12-18(15-9-7-6-8-10-15)20-13-17(16)19(3,4)5;/h5-18,20-25H,1-4H3;6-9,12-14H,11H2,1-5H3;/q2*-1;. The molecular formula is C59H56GeIrN4O-2. The van der Waals surface area contributed by atoms with Crippen LogP contribution in [0.5, 0.6) is 0 Å². The molecule has 66 heavy (non-hydrogen) atoms. The Morgan fingerprint density at radius 3 is 1.97 bits per heavy atom. The van der Waals surface area contributed by atoms with E-state index in [1.165, 1.54) is 11.1 Å². The number of aryl methyl sites for hydroxylation is 1. The van der Waals surface area contributed by atoms with Gasteiger partial charge in [0.15, 0.2) is 0 Å². The average Bonchev–Trinajstić information content (AvgIpc) is 3.87. The monoisotopic (exact) mass is 1100 g/mol. The van der Waals surface area contributed by atoms with Crippen molar-refractivity contribution in [2.45, 2.75) is 70.6 Å². The van der Waals surface area contributed by atoms with Crippen LogP contribution in [0.15, 0.2) is 162 Å². The van der Waals surface area contributed by atoms with Crippen molar-refractivity contribution in [3.8, 4) is 50.6 Å². The third-order valence-corrected chi connectivity index (χ3v) is 16.4. The molecule has 0 saturated heterocycles. The van der Waals surface area contributed by atoms with Crippen molar-refractivity contribution in [1.29, 1.82) is 0 Å². The summed E-state index contributed by atoms with van der Waals surface area (Å²) in [7, 11) is 0. The largest absolute Gasteiger partial charge is 0.500 e. The zero-order valence-electron chi connectivity index (χ0n) is 39.3. The molecule has 4 aromatic heterocycles. The number of benzene rings is 6. The first-order valence-electron chi connectivity index (χ1n) is 22.7. The van der Waals surface area contributed by atoms with Crippen LogP contribution in [-0.4, -0.2) is 32.8 Å². The molecule has 333 valence electrons. The summed E-state index contributed by atoms with van der Waals surface area (Å²) in [6, 6.07) is 57.6. The molecule has 7 heteroatoms. The van der Waals surface area contributed by atoms with Crippen molar-refractivity contribution >= 4 is 50.6 Å². The zero-order chi connectivity index (χ0) is 45.5. The van der Waals surface area contributed by atoms with Crippen LogP contribution in [0.4, 0.5) is 0 Å². The first kappa shape index (κ1) is 46.6. The van der Waals surface area contributed by atoms with Crippen LogP contribution in [0.25, 0.3) is 83.6 Å². The van der Waals surface area contributed by atoms with Gasteiger partial charge >= 0.3 is 126 Å². The number of pyridine rings is 2. The maximum absolute atomic E-state index is 6.57. The van der Waals surface area contributed by atoms with Crippen LogP contribution in [-0.2, 0) is 31.9 Å².